The van der Waals surface area contributed by atoms with Crippen molar-refractivity contribution in [1.29, 1.82) is 0 Å². The number of carbonyl (C=O) groups is 1. The van der Waals surface area contributed by atoms with Crippen LogP contribution in [-0.4, -0.2) is 33.2 Å². The molecule has 1 aliphatic heterocycles. The molecule has 3 rings (SSSR count). The summed E-state index contributed by atoms with van der Waals surface area (Å²) in [6.07, 6.45) is 1.68. The van der Waals surface area contributed by atoms with Crippen LogP contribution in [0.3, 0.4) is 0 Å². The standard InChI is InChI=1S/C18H19FN2O3S/c1-13-11-14-7-3-5-9-16(14)21(13)18(22)12-20(25(2,23)24)17-10-6-4-8-15(17)19/h3-10,13H,11-12H2,1-2H3/t13-/m0/s1. The number of fused-ring (bicyclic) bond motifs is 1. The van der Waals surface area contributed by atoms with E-state index >= 15 is 0 Å². The molecule has 1 heterocycles. The minimum Gasteiger partial charge on any atom is -0.307 e. The van der Waals surface area contributed by atoms with E-state index in [1.807, 2.05) is 31.2 Å². The fourth-order valence-electron chi connectivity index (χ4n) is 3.18. The molecule has 0 unspecified atom stereocenters. The number of benzene rings is 2. The van der Waals surface area contributed by atoms with E-state index in [1.54, 1.807) is 4.90 Å². The molecule has 7 heteroatoms. The smallest absolute Gasteiger partial charge is 0.248 e. The third-order valence-corrected chi connectivity index (χ3v) is 5.40. The molecule has 0 bridgehead atoms. The lowest BCUT2D eigenvalue weighted by atomic mass is 10.1. The highest BCUT2D eigenvalue weighted by Gasteiger charge is 2.33. The van der Waals surface area contributed by atoms with Gasteiger partial charge in [-0.2, -0.15) is 0 Å². The molecule has 0 saturated carbocycles. The molecular formula is C18H19FN2O3S. The van der Waals surface area contributed by atoms with Crippen molar-refractivity contribution in [3.8, 4) is 0 Å². The van der Waals surface area contributed by atoms with Gasteiger partial charge in [0.2, 0.25) is 15.9 Å². The SMILES string of the molecule is C[C@H]1Cc2ccccc2N1C(=O)CN(c1ccccc1F)S(C)(=O)=O. The summed E-state index contributed by atoms with van der Waals surface area (Å²) >= 11 is 0. The molecule has 2 aromatic carbocycles. The van der Waals surface area contributed by atoms with Crippen molar-refractivity contribution >= 4 is 27.3 Å². The topological polar surface area (TPSA) is 57.7 Å². The molecule has 132 valence electrons. The highest BCUT2D eigenvalue weighted by Crippen LogP contribution is 2.32. The van der Waals surface area contributed by atoms with Gasteiger partial charge in [-0.15, -0.1) is 0 Å². The van der Waals surface area contributed by atoms with Crippen molar-refractivity contribution in [3.05, 3.63) is 59.9 Å². The van der Waals surface area contributed by atoms with E-state index in [-0.39, 0.29) is 17.6 Å². The Morgan fingerprint density at radius 3 is 2.52 bits per heavy atom. The second-order valence-corrected chi connectivity index (χ2v) is 8.07. The van der Waals surface area contributed by atoms with Crippen LogP contribution in [0.25, 0.3) is 0 Å². The first-order chi connectivity index (χ1) is 11.8. The van der Waals surface area contributed by atoms with Gasteiger partial charge in [-0.25, -0.2) is 12.8 Å². The Balaban J connectivity index is 1.94. The summed E-state index contributed by atoms with van der Waals surface area (Å²) in [6, 6.07) is 13.0. The van der Waals surface area contributed by atoms with Crippen LogP contribution in [0.5, 0.6) is 0 Å². The maximum absolute atomic E-state index is 14.1. The zero-order chi connectivity index (χ0) is 18.2. The monoisotopic (exact) mass is 362 g/mol. The van der Waals surface area contributed by atoms with Gasteiger partial charge in [0.15, 0.2) is 0 Å². The van der Waals surface area contributed by atoms with Gasteiger partial charge >= 0.3 is 0 Å². The molecule has 0 aromatic heterocycles. The predicted octanol–water partition coefficient (Wildman–Crippen LogP) is 2.57. The lowest BCUT2D eigenvalue weighted by molar-refractivity contribution is -0.117. The van der Waals surface area contributed by atoms with E-state index in [4.69, 9.17) is 0 Å². The lowest BCUT2D eigenvalue weighted by Gasteiger charge is -2.28. The summed E-state index contributed by atoms with van der Waals surface area (Å²) in [5.41, 5.74) is 1.70. The molecule has 0 radical (unpaired) electrons. The van der Waals surface area contributed by atoms with Crippen molar-refractivity contribution in [2.45, 2.75) is 19.4 Å². The number of carbonyl (C=O) groups excluding carboxylic acids is 1. The molecule has 1 atom stereocenters. The Bertz CT molecular complexity index is 914. The summed E-state index contributed by atoms with van der Waals surface area (Å²) in [5, 5.41) is 0. The van der Waals surface area contributed by atoms with Gasteiger partial charge in [0.25, 0.3) is 0 Å². The van der Waals surface area contributed by atoms with Crippen molar-refractivity contribution in [3.63, 3.8) is 0 Å². The number of sulfonamides is 1. The second-order valence-electron chi connectivity index (χ2n) is 6.17. The molecule has 2 aromatic rings. The Morgan fingerprint density at radius 2 is 1.84 bits per heavy atom. The molecule has 5 nitrogen and oxygen atoms in total. The van der Waals surface area contributed by atoms with Gasteiger partial charge in [0, 0.05) is 11.7 Å². The van der Waals surface area contributed by atoms with E-state index in [9.17, 15) is 17.6 Å². The zero-order valence-corrected chi connectivity index (χ0v) is 14.8. The van der Waals surface area contributed by atoms with Crippen LogP contribution >= 0.6 is 0 Å². The first-order valence-electron chi connectivity index (χ1n) is 7.91. The highest BCUT2D eigenvalue weighted by molar-refractivity contribution is 7.92. The molecule has 0 saturated heterocycles. The third-order valence-electron chi connectivity index (χ3n) is 4.28. The summed E-state index contributed by atoms with van der Waals surface area (Å²) < 4.78 is 39.2. The van der Waals surface area contributed by atoms with Gasteiger partial charge < -0.3 is 4.90 Å². The van der Waals surface area contributed by atoms with Crippen LogP contribution in [0.4, 0.5) is 15.8 Å². The van der Waals surface area contributed by atoms with Crippen molar-refractivity contribution in [2.24, 2.45) is 0 Å². The van der Waals surface area contributed by atoms with E-state index in [0.29, 0.717) is 6.42 Å². The van der Waals surface area contributed by atoms with Gasteiger partial charge in [0.1, 0.15) is 12.4 Å². The molecule has 0 aliphatic carbocycles. The Labute approximate surface area is 146 Å². The molecule has 25 heavy (non-hydrogen) atoms. The second kappa shape index (κ2) is 6.48. The number of amides is 1. The number of rotatable bonds is 4. The molecule has 0 N–H and O–H groups in total. The van der Waals surface area contributed by atoms with E-state index < -0.39 is 22.4 Å². The molecule has 0 spiro atoms. The largest absolute Gasteiger partial charge is 0.307 e. The number of nitrogens with zero attached hydrogens (tertiary/aromatic N) is 2. The quantitative estimate of drug-likeness (QED) is 0.840. The maximum atomic E-state index is 14.1. The summed E-state index contributed by atoms with van der Waals surface area (Å²) in [7, 11) is -3.81. The van der Waals surface area contributed by atoms with Crippen molar-refractivity contribution in [1.82, 2.24) is 0 Å². The number of hydrogen-bond acceptors (Lipinski definition) is 3. The van der Waals surface area contributed by atoms with Crippen molar-refractivity contribution in [2.75, 3.05) is 22.0 Å². The van der Waals surface area contributed by atoms with Gasteiger partial charge in [-0.3, -0.25) is 9.10 Å². The predicted molar refractivity (Wildman–Crippen MR) is 95.7 cm³/mol. The fraction of sp³-hybridized carbons (Fsp3) is 0.278. The third kappa shape index (κ3) is 3.37. The zero-order valence-electron chi connectivity index (χ0n) is 14.0. The minimum absolute atomic E-state index is 0.0769. The molecule has 0 fully saturated rings. The Kier molecular flexibility index (Phi) is 4.51. The highest BCUT2D eigenvalue weighted by atomic mass is 32.2. The number of anilines is 2. The van der Waals surface area contributed by atoms with Gasteiger partial charge in [-0.05, 0) is 37.1 Å². The average Bonchev–Trinajstić information content (AvgIpc) is 2.88. The van der Waals surface area contributed by atoms with Crippen LogP contribution in [0.1, 0.15) is 12.5 Å². The first kappa shape index (κ1) is 17.4. The number of halogens is 1. The normalized spacial score (nSPS) is 16.6. The maximum Gasteiger partial charge on any atom is 0.248 e. The number of hydrogen-bond donors (Lipinski definition) is 0. The van der Waals surface area contributed by atoms with E-state index in [0.717, 1.165) is 21.8 Å². The van der Waals surface area contributed by atoms with E-state index in [2.05, 4.69) is 0 Å². The molecule has 1 amide bonds. The van der Waals surface area contributed by atoms with E-state index in [1.165, 1.54) is 24.3 Å². The fourth-order valence-corrected chi connectivity index (χ4v) is 4.03. The number of para-hydroxylation sites is 2. The van der Waals surface area contributed by atoms with Crippen LogP contribution < -0.4 is 9.21 Å². The van der Waals surface area contributed by atoms with Crippen molar-refractivity contribution < 1.29 is 17.6 Å². The summed E-state index contributed by atoms with van der Waals surface area (Å²) in [5.74, 6) is -1.07. The Hall–Kier alpha value is -2.41. The van der Waals surface area contributed by atoms with Crippen LogP contribution in [0.2, 0.25) is 0 Å². The Morgan fingerprint density at radius 1 is 1.20 bits per heavy atom. The van der Waals surface area contributed by atoms with Gasteiger partial charge in [-0.1, -0.05) is 30.3 Å². The average molecular weight is 362 g/mol. The summed E-state index contributed by atoms with van der Waals surface area (Å²) in [6.45, 7) is 1.46. The molecular weight excluding hydrogens is 343 g/mol. The first-order valence-corrected chi connectivity index (χ1v) is 9.76. The summed E-state index contributed by atoms with van der Waals surface area (Å²) in [4.78, 5) is 14.4. The molecule has 1 aliphatic rings. The lowest BCUT2D eigenvalue weighted by Crippen LogP contribution is -2.45. The van der Waals surface area contributed by atoms with Crippen LogP contribution in [0, 0.1) is 5.82 Å². The van der Waals surface area contributed by atoms with Crippen LogP contribution in [-0.2, 0) is 21.2 Å². The van der Waals surface area contributed by atoms with Gasteiger partial charge in [0.05, 0.1) is 11.9 Å². The van der Waals surface area contributed by atoms with Crippen LogP contribution in [0.15, 0.2) is 48.5 Å². The minimum atomic E-state index is -3.81.